The van der Waals surface area contributed by atoms with Gasteiger partial charge in [0.2, 0.25) is 0 Å². The predicted molar refractivity (Wildman–Crippen MR) is 61.6 cm³/mol. The predicted octanol–water partition coefficient (Wildman–Crippen LogP) is 2.72. The van der Waals surface area contributed by atoms with Gasteiger partial charge in [-0.3, -0.25) is 4.79 Å². The fraction of sp³-hybridized carbons (Fsp3) is 0.500. The first-order chi connectivity index (χ1) is 7.70. The average Bonchev–Trinajstić information content (AvgIpc) is 2.61. The Morgan fingerprint density at radius 3 is 3.25 bits per heavy atom. The van der Waals surface area contributed by atoms with Crippen molar-refractivity contribution in [1.82, 2.24) is 4.98 Å². The average molecular weight is 240 g/mol. The Kier molecular flexibility index (Phi) is 3.44. The van der Waals surface area contributed by atoms with Crippen LogP contribution in [-0.2, 0) is 16.0 Å². The summed E-state index contributed by atoms with van der Waals surface area (Å²) in [6.45, 7) is 2.26. The molecular weight excluding hydrogens is 226 g/mol. The van der Waals surface area contributed by atoms with Crippen LogP contribution in [0.1, 0.15) is 36.8 Å². The Labute approximate surface area is 99.8 Å². The molecule has 16 heavy (non-hydrogen) atoms. The quantitative estimate of drug-likeness (QED) is 0.601. The number of hydrogen-bond donors (Lipinski definition) is 0. The van der Waals surface area contributed by atoms with E-state index in [0.29, 0.717) is 18.2 Å². The van der Waals surface area contributed by atoms with Gasteiger partial charge in [0.05, 0.1) is 13.0 Å². The fourth-order valence-corrected chi connectivity index (χ4v) is 2.36. The normalized spacial score (nSPS) is 18.2. The van der Waals surface area contributed by atoms with E-state index in [9.17, 15) is 4.79 Å². The zero-order valence-corrected chi connectivity index (χ0v) is 9.96. The van der Waals surface area contributed by atoms with Gasteiger partial charge in [-0.25, -0.2) is 4.98 Å². The van der Waals surface area contributed by atoms with Gasteiger partial charge in [0.1, 0.15) is 5.15 Å². The summed E-state index contributed by atoms with van der Waals surface area (Å²) in [5.41, 5.74) is 2.37. The molecule has 1 heterocycles. The molecule has 0 saturated heterocycles. The Morgan fingerprint density at radius 1 is 1.69 bits per heavy atom. The number of pyridine rings is 1. The van der Waals surface area contributed by atoms with Crippen molar-refractivity contribution in [2.24, 2.45) is 0 Å². The summed E-state index contributed by atoms with van der Waals surface area (Å²) in [7, 11) is 0. The van der Waals surface area contributed by atoms with E-state index >= 15 is 0 Å². The molecule has 1 aliphatic rings. The molecule has 0 aliphatic heterocycles. The van der Waals surface area contributed by atoms with Gasteiger partial charge in [0.15, 0.2) is 0 Å². The van der Waals surface area contributed by atoms with E-state index in [1.165, 1.54) is 5.56 Å². The number of ether oxygens (including phenoxy) is 1. The standard InChI is InChI=1S/C12H14ClNO2/c1-2-16-12(15)6-9-4-3-8-5-11(13)14-7-10(8)9/h5,7,9H,2-4,6H2,1H3/t9-/m0/s1. The van der Waals surface area contributed by atoms with Crippen LogP contribution < -0.4 is 0 Å². The summed E-state index contributed by atoms with van der Waals surface area (Å²) in [5.74, 6) is 0.120. The van der Waals surface area contributed by atoms with Gasteiger partial charge >= 0.3 is 5.97 Å². The van der Waals surface area contributed by atoms with Gasteiger partial charge in [-0.05, 0) is 42.9 Å². The van der Waals surface area contributed by atoms with E-state index in [1.807, 2.05) is 13.0 Å². The smallest absolute Gasteiger partial charge is 0.306 e. The summed E-state index contributed by atoms with van der Waals surface area (Å²) < 4.78 is 4.96. The number of halogens is 1. The zero-order valence-electron chi connectivity index (χ0n) is 9.20. The molecule has 1 aromatic rings. The van der Waals surface area contributed by atoms with Gasteiger partial charge in [0.25, 0.3) is 0 Å². The second-order valence-electron chi connectivity index (χ2n) is 3.95. The summed E-state index contributed by atoms with van der Waals surface area (Å²) in [6.07, 6.45) is 4.19. The molecule has 86 valence electrons. The molecule has 0 aromatic carbocycles. The first-order valence-electron chi connectivity index (χ1n) is 5.50. The van der Waals surface area contributed by atoms with E-state index in [-0.39, 0.29) is 11.9 Å². The number of hydrogen-bond acceptors (Lipinski definition) is 3. The van der Waals surface area contributed by atoms with Gasteiger partial charge in [-0.15, -0.1) is 0 Å². The summed E-state index contributed by atoms with van der Waals surface area (Å²) in [5, 5.41) is 0.524. The molecule has 0 radical (unpaired) electrons. The van der Waals surface area contributed by atoms with Crippen LogP contribution in [0.4, 0.5) is 0 Å². The lowest BCUT2D eigenvalue weighted by Gasteiger charge is -2.09. The number of nitrogens with zero attached hydrogens (tertiary/aromatic N) is 1. The van der Waals surface area contributed by atoms with Crippen molar-refractivity contribution in [3.63, 3.8) is 0 Å². The fourth-order valence-electron chi connectivity index (χ4n) is 2.18. The highest BCUT2D eigenvalue weighted by Crippen LogP contribution is 2.35. The molecule has 0 N–H and O–H groups in total. The Hall–Kier alpha value is -1.09. The van der Waals surface area contributed by atoms with Crippen molar-refractivity contribution in [2.45, 2.75) is 32.1 Å². The van der Waals surface area contributed by atoms with Crippen LogP contribution in [0.25, 0.3) is 0 Å². The molecule has 0 unspecified atom stereocenters. The molecular formula is C12H14ClNO2. The molecule has 0 bridgehead atoms. The molecule has 2 rings (SSSR count). The van der Waals surface area contributed by atoms with Crippen molar-refractivity contribution in [2.75, 3.05) is 6.61 Å². The van der Waals surface area contributed by atoms with E-state index in [2.05, 4.69) is 4.98 Å². The molecule has 0 saturated carbocycles. The van der Waals surface area contributed by atoms with Crippen LogP contribution in [0.15, 0.2) is 12.3 Å². The van der Waals surface area contributed by atoms with E-state index in [4.69, 9.17) is 16.3 Å². The lowest BCUT2D eigenvalue weighted by Crippen LogP contribution is -2.08. The number of carbonyl (C=O) groups excluding carboxylic acids is 1. The van der Waals surface area contributed by atoms with Crippen molar-refractivity contribution in [1.29, 1.82) is 0 Å². The number of fused-ring (bicyclic) bond motifs is 1. The van der Waals surface area contributed by atoms with Crippen LogP contribution in [0.5, 0.6) is 0 Å². The summed E-state index contributed by atoms with van der Waals surface area (Å²) >= 11 is 5.82. The van der Waals surface area contributed by atoms with Crippen LogP contribution >= 0.6 is 11.6 Å². The number of esters is 1. The van der Waals surface area contributed by atoms with Gasteiger partial charge in [-0.2, -0.15) is 0 Å². The van der Waals surface area contributed by atoms with Crippen molar-refractivity contribution in [3.8, 4) is 0 Å². The number of carbonyl (C=O) groups is 1. The molecule has 1 aliphatic carbocycles. The molecule has 1 aromatic heterocycles. The zero-order chi connectivity index (χ0) is 11.5. The second-order valence-corrected chi connectivity index (χ2v) is 4.34. The maximum absolute atomic E-state index is 11.4. The van der Waals surface area contributed by atoms with Gasteiger partial charge in [-0.1, -0.05) is 11.6 Å². The third-order valence-electron chi connectivity index (χ3n) is 2.91. The second kappa shape index (κ2) is 4.83. The molecule has 1 atom stereocenters. The van der Waals surface area contributed by atoms with Gasteiger partial charge < -0.3 is 4.74 Å². The van der Waals surface area contributed by atoms with Crippen LogP contribution in [0.2, 0.25) is 5.15 Å². The SMILES string of the molecule is CCOC(=O)C[C@@H]1CCc2cc(Cl)ncc21. The monoisotopic (exact) mass is 239 g/mol. The lowest BCUT2D eigenvalue weighted by molar-refractivity contribution is -0.143. The van der Waals surface area contributed by atoms with Crippen molar-refractivity contribution < 1.29 is 9.53 Å². The minimum atomic E-state index is -0.129. The molecule has 0 spiro atoms. The largest absolute Gasteiger partial charge is 0.466 e. The summed E-state index contributed by atoms with van der Waals surface area (Å²) in [6, 6.07) is 1.89. The highest BCUT2D eigenvalue weighted by atomic mass is 35.5. The minimum Gasteiger partial charge on any atom is -0.466 e. The number of aryl methyl sites for hydroxylation is 1. The Bertz CT molecular complexity index is 406. The Morgan fingerprint density at radius 2 is 2.50 bits per heavy atom. The maximum Gasteiger partial charge on any atom is 0.306 e. The maximum atomic E-state index is 11.4. The minimum absolute atomic E-state index is 0.129. The first-order valence-corrected chi connectivity index (χ1v) is 5.88. The third-order valence-corrected chi connectivity index (χ3v) is 3.12. The highest BCUT2D eigenvalue weighted by Gasteiger charge is 2.25. The van der Waals surface area contributed by atoms with E-state index in [1.54, 1.807) is 6.20 Å². The Balaban J connectivity index is 2.09. The molecule has 4 heteroatoms. The number of rotatable bonds is 3. The topological polar surface area (TPSA) is 39.2 Å². The first kappa shape index (κ1) is 11.4. The highest BCUT2D eigenvalue weighted by molar-refractivity contribution is 6.29. The lowest BCUT2D eigenvalue weighted by atomic mass is 10.00. The van der Waals surface area contributed by atoms with Crippen molar-refractivity contribution >= 4 is 17.6 Å². The van der Waals surface area contributed by atoms with Crippen molar-refractivity contribution in [3.05, 3.63) is 28.5 Å². The summed E-state index contributed by atoms with van der Waals surface area (Å²) in [4.78, 5) is 15.5. The van der Waals surface area contributed by atoms with Gasteiger partial charge in [0, 0.05) is 6.20 Å². The molecule has 0 amide bonds. The molecule has 3 nitrogen and oxygen atoms in total. The van der Waals surface area contributed by atoms with Crippen LogP contribution in [0, 0.1) is 0 Å². The van der Waals surface area contributed by atoms with E-state index < -0.39 is 0 Å². The van der Waals surface area contributed by atoms with Crippen LogP contribution in [-0.4, -0.2) is 17.6 Å². The van der Waals surface area contributed by atoms with E-state index in [0.717, 1.165) is 18.4 Å². The molecule has 0 fully saturated rings. The third kappa shape index (κ3) is 2.35. The van der Waals surface area contributed by atoms with Crippen LogP contribution in [0.3, 0.4) is 0 Å². The number of aromatic nitrogens is 1.